The van der Waals surface area contributed by atoms with Crippen molar-refractivity contribution in [2.45, 2.75) is 6.54 Å². The minimum Gasteiger partial charge on any atom is -0.512 e. The molecule has 1 heterocycles. The third kappa shape index (κ3) is 3.29. The Morgan fingerprint density at radius 2 is 1.71 bits per heavy atom. The molecule has 0 saturated carbocycles. The Morgan fingerprint density at radius 3 is 2.33 bits per heavy atom. The largest absolute Gasteiger partial charge is 0.707 e. The van der Waals surface area contributed by atoms with Crippen molar-refractivity contribution >= 4 is 18.4 Å². The summed E-state index contributed by atoms with van der Waals surface area (Å²) in [5.41, 5.74) is 2.76. The summed E-state index contributed by atoms with van der Waals surface area (Å²) < 4.78 is 17.4. The van der Waals surface area contributed by atoms with E-state index in [1.165, 1.54) is 0 Å². The molecule has 0 spiro atoms. The van der Waals surface area contributed by atoms with E-state index in [9.17, 15) is 0 Å². The number of nitrogens with zero attached hydrogens (tertiary/aromatic N) is 2. The predicted octanol–water partition coefficient (Wildman–Crippen LogP) is 1.45. The topological polar surface area (TPSA) is 86.0 Å². The van der Waals surface area contributed by atoms with Gasteiger partial charge in [0.05, 0.1) is 31.6 Å². The number of fused-ring (bicyclic) bond motifs is 1. The highest BCUT2D eigenvalue weighted by atomic mass is 16.6. The summed E-state index contributed by atoms with van der Waals surface area (Å²) in [5, 5.41) is 17.6. The number of hydrogen-bond donors (Lipinski definition) is 2. The molecule has 0 amide bonds. The van der Waals surface area contributed by atoms with Crippen molar-refractivity contribution in [3.05, 3.63) is 48.3 Å². The summed E-state index contributed by atoms with van der Waals surface area (Å²) >= 11 is 0. The van der Waals surface area contributed by atoms with Gasteiger partial charge in [0.15, 0.2) is 11.5 Å². The van der Waals surface area contributed by atoms with Crippen LogP contribution in [0.1, 0.15) is 5.56 Å². The second-order valence-corrected chi connectivity index (χ2v) is 5.16. The molecule has 0 atom stereocenters. The zero-order valence-electron chi connectivity index (χ0n) is 13.3. The van der Waals surface area contributed by atoms with E-state index in [1.54, 1.807) is 32.7 Å². The third-order valence-electron chi connectivity index (χ3n) is 3.64. The van der Waals surface area contributed by atoms with E-state index in [-0.39, 0.29) is 0 Å². The second kappa shape index (κ2) is 6.82. The van der Waals surface area contributed by atoms with Crippen LogP contribution in [0.2, 0.25) is 0 Å². The number of methoxy groups -OCH3 is 2. The number of ether oxygens (including phenoxy) is 2. The van der Waals surface area contributed by atoms with Crippen LogP contribution in [0.5, 0.6) is 17.2 Å². The van der Waals surface area contributed by atoms with Gasteiger partial charge in [0.25, 0.3) is 0 Å². The first-order chi connectivity index (χ1) is 11.6. The number of benzene rings is 2. The van der Waals surface area contributed by atoms with Gasteiger partial charge in [-0.15, -0.1) is 0 Å². The Kier molecular flexibility index (Phi) is 4.59. The third-order valence-corrected chi connectivity index (χ3v) is 3.64. The van der Waals surface area contributed by atoms with Crippen LogP contribution < -0.4 is 14.1 Å². The van der Waals surface area contributed by atoms with Crippen LogP contribution in [0.15, 0.2) is 42.7 Å². The second-order valence-electron chi connectivity index (χ2n) is 5.16. The summed E-state index contributed by atoms with van der Waals surface area (Å²) in [6.07, 6.45) is 1.76. The molecule has 3 rings (SSSR count). The highest BCUT2D eigenvalue weighted by Gasteiger charge is 2.12. The van der Waals surface area contributed by atoms with Crippen molar-refractivity contribution in [1.29, 1.82) is 0 Å². The van der Waals surface area contributed by atoms with E-state index in [4.69, 9.17) is 24.2 Å². The van der Waals surface area contributed by atoms with Gasteiger partial charge in [-0.2, -0.15) is 0 Å². The Balaban J connectivity index is 1.87. The number of imidazole rings is 1. The van der Waals surface area contributed by atoms with Crippen LogP contribution in [-0.2, 0) is 6.54 Å². The molecule has 24 heavy (non-hydrogen) atoms. The molecule has 0 aliphatic carbocycles. The maximum absolute atomic E-state index is 8.79. The van der Waals surface area contributed by atoms with Crippen LogP contribution in [0.4, 0.5) is 0 Å². The van der Waals surface area contributed by atoms with E-state index >= 15 is 0 Å². The van der Waals surface area contributed by atoms with Crippen molar-refractivity contribution in [2.75, 3.05) is 14.2 Å². The molecule has 0 bridgehead atoms. The summed E-state index contributed by atoms with van der Waals surface area (Å²) in [5.74, 6) is 1.67. The lowest BCUT2D eigenvalue weighted by Gasteiger charge is -2.10. The molecule has 0 unspecified atom stereocenters. The lowest BCUT2D eigenvalue weighted by molar-refractivity contribution is 0.288. The van der Waals surface area contributed by atoms with Crippen molar-refractivity contribution in [2.24, 2.45) is 0 Å². The van der Waals surface area contributed by atoms with Gasteiger partial charge in [-0.1, -0.05) is 12.1 Å². The zero-order valence-corrected chi connectivity index (χ0v) is 13.3. The Morgan fingerprint density at radius 1 is 1.04 bits per heavy atom. The maximum Gasteiger partial charge on any atom is 0.707 e. The lowest BCUT2D eigenvalue weighted by atomic mass is 10.2. The molecule has 3 aromatic rings. The molecule has 0 aliphatic heterocycles. The van der Waals surface area contributed by atoms with Crippen molar-refractivity contribution < 1.29 is 24.2 Å². The molecule has 124 valence electrons. The van der Waals surface area contributed by atoms with Gasteiger partial charge in [-0.25, -0.2) is 4.98 Å². The van der Waals surface area contributed by atoms with Gasteiger partial charge in [0.1, 0.15) is 5.75 Å². The average Bonchev–Trinajstić information content (AvgIpc) is 2.96. The molecule has 2 aromatic carbocycles. The molecule has 7 nitrogen and oxygen atoms in total. The highest BCUT2D eigenvalue weighted by molar-refractivity contribution is 6.33. The molecule has 2 N–H and O–H groups in total. The van der Waals surface area contributed by atoms with Crippen molar-refractivity contribution in [1.82, 2.24) is 9.55 Å². The Hall–Kier alpha value is -2.71. The first-order valence-corrected chi connectivity index (χ1v) is 7.29. The summed E-state index contributed by atoms with van der Waals surface area (Å²) in [6, 6.07) is 10.8. The molecule has 0 saturated heterocycles. The molecule has 0 aliphatic rings. The Labute approximate surface area is 139 Å². The smallest absolute Gasteiger partial charge is 0.512 e. The molecular formula is C16H17BN2O5. The Bertz CT molecular complexity index is 832. The van der Waals surface area contributed by atoms with Crippen LogP contribution in [-0.4, -0.2) is 41.1 Å². The monoisotopic (exact) mass is 328 g/mol. The average molecular weight is 328 g/mol. The van der Waals surface area contributed by atoms with Crippen molar-refractivity contribution in [3.63, 3.8) is 0 Å². The quantitative estimate of drug-likeness (QED) is 0.666. The van der Waals surface area contributed by atoms with Gasteiger partial charge in [0, 0.05) is 18.7 Å². The molecule has 8 heteroatoms. The van der Waals surface area contributed by atoms with Crippen LogP contribution in [0.25, 0.3) is 11.0 Å². The van der Waals surface area contributed by atoms with E-state index in [2.05, 4.69) is 4.98 Å². The van der Waals surface area contributed by atoms with E-state index in [1.807, 2.05) is 28.8 Å². The van der Waals surface area contributed by atoms with Gasteiger partial charge < -0.3 is 28.7 Å². The maximum atomic E-state index is 8.79. The summed E-state index contributed by atoms with van der Waals surface area (Å²) in [7, 11) is 1.36. The molecule has 1 aromatic heterocycles. The lowest BCUT2D eigenvalue weighted by Crippen LogP contribution is -2.20. The standard InChI is InChI=1S/C16H17BN2O5/c1-22-15-7-13-14(8-16(15)23-2)19(10-18-13)9-11-3-5-12(6-4-11)24-17(20)21/h3-8,10,20-21H,9H2,1-2H3. The molecule has 0 radical (unpaired) electrons. The number of rotatable bonds is 6. The first kappa shape index (κ1) is 16.2. The van der Waals surface area contributed by atoms with Gasteiger partial charge in [-0.05, 0) is 17.7 Å². The van der Waals surface area contributed by atoms with E-state index in [0.29, 0.717) is 23.8 Å². The fourth-order valence-corrected chi connectivity index (χ4v) is 2.50. The summed E-state index contributed by atoms with van der Waals surface area (Å²) in [4.78, 5) is 4.39. The van der Waals surface area contributed by atoms with E-state index < -0.39 is 7.32 Å². The zero-order chi connectivity index (χ0) is 17.1. The van der Waals surface area contributed by atoms with Crippen LogP contribution in [0.3, 0.4) is 0 Å². The van der Waals surface area contributed by atoms with Gasteiger partial charge >= 0.3 is 7.32 Å². The van der Waals surface area contributed by atoms with E-state index in [0.717, 1.165) is 16.6 Å². The number of aromatic nitrogens is 2. The van der Waals surface area contributed by atoms with Crippen molar-refractivity contribution in [3.8, 4) is 17.2 Å². The van der Waals surface area contributed by atoms with Gasteiger partial charge in [0.2, 0.25) is 0 Å². The molecule has 0 fully saturated rings. The SMILES string of the molecule is COc1cc2ncn(Cc3ccc(OB(O)O)cc3)c2cc1OC. The highest BCUT2D eigenvalue weighted by Crippen LogP contribution is 2.31. The fourth-order valence-electron chi connectivity index (χ4n) is 2.50. The minimum atomic E-state index is -1.82. The van der Waals surface area contributed by atoms with Crippen LogP contribution >= 0.6 is 0 Å². The van der Waals surface area contributed by atoms with Gasteiger partial charge in [-0.3, -0.25) is 0 Å². The fraction of sp³-hybridized carbons (Fsp3) is 0.188. The predicted molar refractivity (Wildman–Crippen MR) is 89.2 cm³/mol. The van der Waals surface area contributed by atoms with Crippen LogP contribution in [0, 0.1) is 0 Å². The minimum absolute atomic E-state index is 0.385. The normalized spacial score (nSPS) is 10.7. The first-order valence-electron chi connectivity index (χ1n) is 7.29. The number of hydrogen-bond acceptors (Lipinski definition) is 6. The summed E-state index contributed by atoms with van der Waals surface area (Å²) in [6.45, 7) is 0.605. The molecular weight excluding hydrogens is 311 g/mol.